The van der Waals surface area contributed by atoms with E-state index in [9.17, 15) is 14.0 Å². The van der Waals surface area contributed by atoms with Gasteiger partial charge < -0.3 is 10.2 Å². The summed E-state index contributed by atoms with van der Waals surface area (Å²) in [6, 6.07) is 13.9. The van der Waals surface area contributed by atoms with Crippen LogP contribution in [-0.2, 0) is 16.0 Å². The van der Waals surface area contributed by atoms with Gasteiger partial charge in [-0.15, -0.1) is 0 Å². The largest absolute Gasteiger partial charge is 0.342 e. The average molecular weight is 361 g/mol. The summed E-state index contributed by atoms with van der Waals surface area (Å²) < 4.78 is 13.2. The molecule has 3 rings (SSSR count). The molecule has 0 aromatic heterocycles. The number of nitrogens with zero attached hydrogens (tertiary/aromatic N) is 1. The van der Waals surface area contributed by atoms with Crippen LogP contribution in [0.25, 0.3) is 0 Å². The molecule has 1 saturated heterocycles. The van der Waals surface area contributed by atoms with Crippen LogP contribution in [-0.4, -0.2) is 29.8 Å². The fourth-order valence-electron chi connectivity index (χ4n) is 2.89. The molecule has 0 unspecified atom stereocenters. The monoisotopic (exact) mass is 360 g/mol. The minimum atomic E-state index is -0.539. The Labute approximate surface area is 150 Å². The summed E-state index contributed by atoms with van der Waals surface area (Å²) in [7, 11) is 0. The van der Waals surface area contributed by atoms with Crippen molar-refractivity contribution in [2.45, 2.75) is 12.8 Å². The lowest BCUT2D eigenvalue weighted by molar-refractivity contribution is -0.128. The molecule has 2 amide bonds. The molecular weight excluding hydrogens is 343 g/mol. The average Bonchev–Trinajstić information content (AvgIpc) is 2.98. The normalized spacial score (nSPS) is 17.0. The second kappa shape index (κ2) is 7.66. The van der Waals surface area contributed by atoms with Crippen molar-refractivity contribution in [3.05, 3.63) is 64.9 Å². The van der Waals surface area contributed by atoms with E-state index in [-0.39, 0.29) is 23.3 Å². The zero-order chi connectivity index (χ0) is 17.8. The summed E-state index contributed by atoms with van der Waals surface area (Å²) in [5.74, 6) is -1.22. The van der Waals surface area contributed by atoms with Crippen molar-refractivity contribution in [2.75, 3.05) is 18.4 Å². The van der Waals surface area contributed by atoms with Gasteiger partial charge in [0.05, 0.1) is 10.9 Å². The van der Waals surface area contributed by atoms with Crippen LogP contribution in [0.15, 0.2) is 48.5 Å². The van der Waals surface area contributed by atoms with Crippen LogP contribution in [0.5, 0.6) is 0 Å². The van der Waals surface area contributed by atoms with Gasteiger partial charge in [-0.25, -0.2) is 4.39 Å². The summed E-state index contributed by atoms with van der Waals surface area (Å²) >= 11 is 5.71. The number of hydrogen-bond donors (Lipinski definition) is 1. The Morgan fingerprint density at radius 2 is 2.00 bits per heavy atom. The lowest BCUT2D eigenvalue weighted by Gasteiger charge is -2.16. The van der Waals surface area contributed by atoms with Crippen LogP contribution in [0.3, 0.4) is 0 Å². The SMILES string of the molecule is O=C(Nc1ccc(F)c(Cl)c1)[C@H]1CC(=O)N(CCc2ccccc2)C1. The van der Waals surface area contributed by atoms with Gasteiger partial charge in [0.25, 0.3) is 0 Å². The van der Waals surface area contributed by atoms with E-state index in [1.165, 1.54) is 18.2 Å². The Morgan fingerprint density at radius 3 is 2.72 bits per heavy atom. The minimum Gasteiger partial charge on any atom is -0.342 e. The number of benzene rings is 2. The first-order chi connectivity index (χ1) is 12.0. The molecule has 1 aliphatic rings. The number of nitrogens with one attached hydrogen (secondary N) is 1. The molecular formula is C19H18ClFN2O2. The molecule has 130 valence electrons. The highest BCUT2D eigenvalue weighted by Gasteiger charge is 2.34. The van der Waals surface area contributed by atoms with Gasteiger partial charge in [0.1, 0.15) is 5.82 Å². The van der Waals surface area contributed by atoms with Crippen LogP contribution < -0.4 is 5.32 Å². The molecule has 0 spiro atoms. The van der Waals surface area contributed by atoms with Crippen molar-refractivity contribution in [3.63, 3.8) is 0 Å². The first-order valence-electron chi connectivity index (χ1n) is 8.10. The van der Waals surface area contributed by atoms with Crippen molar-refractivity contribution >= 4 is 29.1 Å². The van der Waals surface area contributed by atoms with Crippen LogP contribution in [0.2, 0.25) is 5.02 Å². The molecule has 1 heterocycles. The Bertz CT molecular complexity index is 782. The van der Waals surface area contributed by atoms with Gasteiger partial charge in [-0.05, 0) is 30.2 Å². The van der Waals surface area contributed by atoms with Gasteiger partial charge in [-0.3, -0.25) is 9.59 Å². The first-order valence-corrected chi connectivity index (χ1v) is 8.48. The van der Waals surface area contributed by atoms with Crippen LogP contribution in [0, 0.1) is 11.7 Å². The molecule has 0 radical (unpaired) electrons. The van der Waals surface area contributed by atoms with Crippen molar-refractivity contribution in [3.8, 4) is 0 Å². The van der Waals surface area contributed by atoms with E-state index >= 15 is 0 Å². The van der Waals surface area contributed by atoms with E-state index < -0.39 is 11.7 Å². The zero-order valence-corrected chi connectivity index (χ0v) is 14.3. The molecule has 1 fully saturated rings. The summed E-state index contributed by atoms with van der Waals surface area (Å²) in [6.07, 6.45) is 0.948. The van der Waals surface area contributed by atoms with Gasteiger partial charge in [0.15, 0.2) is 0 Å². The highest BCUT2D eigenvalue weighted by Crippen LogP contribution is 2.23. The number of halogens is 2. The lowest BCUT2D eigenvalue weighted by atomic mass is 10.1. The summed E-state index contributed by atoms with van der Waals surface area (Å²) in [6.45, 7) is 0.988. The molecule has 1 atom stereocenters. The van der Waals surface area contributed by atoms with Gasteiger partial charge >= 0.3 is 0 Å². The molecule has 4 nitrogen and oxygen atoms in total. The maximum Gasteiger partial charge on any atom is 0.229 e. The molecule has 25 heavy (non-hydrogen) atoms. The first kappa shape index (κ1) is 17.4. The van der Waals surface area contributed by atoms with Gasteiger partial charge in [0.2, 0.25) is 11.8 Å². The lowest BCUT2D eigenvalue weighted by Crippen LogP contribution is -2.30. The number of hydrogen-bond acceptors (Lipinski definition) is 2. The molecule has 0 aliphatic carbocycles. The highest BCUT2D eigenvalue weighted by molar-refractivity contribution is 6.31. The smallest absolute Gasteiger partial charge is 0.229 e. The molecule has 0 saturated carbocycles. The third-order valence-corrected chi connectivity index (χ3v) is 4.58. The number of anilines is 1. The number of carbonyl (C=O) groups excluding carboxylic acids is 2. The zero-order valence-electron chi connectivity index (χ0n) is 13.5. The molecule has 2 aromatic carbocycles. The fraction of sp³-hybridized carbons (Fsp3) is 0.263. The quantitative estimate of drug-likeness (QED) is 0.887. The predicted octanol–water partition coefficient (Wildman–Crippen LogP) is 3.51. The van der Waals surface area contributed by atoms with Crippen LogP contribution >= 0.6 is 11.6 Å². The Kier molecular flexibility index (Phi) is 5.34. The Hall–Kier alpha value is -2.40. The Balaban J connectivity index is 1.56. The number of amides is 2. The fourth-order valence-corrected chi connectivity index (χ4v) is 3.07. The summed E-state index contributed by atoms with van der Waals surface area (Å²) in [4.78, 5) is 26.2. The summed E-state index contributed by atoms with van der Waals surface area (Å²) in [5.41, 5.74) is 1.58. The second-order valence-corrected chi connectivity index (χ2v) is 6.50. The maximum absolute atomic E-state index is 13.2. The standard InChI is InChI=1S/C19H18ClFN2O2/c20-16-11-15(6-7-17(16)21)22-19(25)14-10-18(24)23(12-14)9-8-13-4-2-1-3-5-13/h1-7,11,14H,8-10,12H2,(H,22,25)/t14-/m0/s1. The van der Waals surface area contributed by atoms with Crippen molar-refractivity contribution in [1.82, 2.24) is 4.90 Å². The number of carbonyl (C=O) groups is 2. The van der Waals surface area contributed by atoms with Crippen LogP contribution in [0.4, 0.5) is 10.1 Å². The van der Waals surface area contributed by atoms with Crippen molar-refractivity contribution in [2.24, 2.45) is 5.92 Å². The van der Waals surface area contributed by atoms with E-state index in [4.69, 9.17) is 11.6 Å². The third-order valence-electron chi connectivity index (χ3n) is 4.29. The molecule has 1 N–H and O–H groups in total. The van der Waals surface area contributed by atoms with E-state index in [1.807, 2.05) is 30.3 Å². The summed E-state index contributed by atoms with van der Waals surface area (Å²) in [5, 5.41) is 2.65. The minimum absolute atomic E-state index is 0.0202. The maximum atomic E-state index is 13.2. The molecule has 6 heteroatoms. The second-order valence-electron chi connectivity index (χ2n) is 6.09. The van der Waals surface area contributed by atoms with E-state index in [0.717, 1.165) is 12.0 Å². The van der Waals surface area contributed by atoms with Gasteiger partial charge in [0, 0.05) is 25.2 Å². The van der Waals surface area contributed by atoms with Gasteiger partial charge in [-0.1, -0.05) is 41.9 Å². The number of rotatable bonds is 5. The topological polar surface area (TPSA) is 49.4 Å². The van der Waals surface area contributed by atoms with E-state index in [1.54, 1.807) is 4.90 Å². The van der Waals surface area contributed by atoms with Crippen LogP contribution in [0.1, 0.15) is 12.0 Å². The van der Waals surface area contributed by atoms with Crippen molar-refractivity contribution in [1.29, 1.82) is 0 Å². The number of likely N-dealkylation sites (tertiary alicyclic amines) is 1. The third kappa shape index (κ3) is 4.37. The van der Waals surface area contributed by atoms with E-state index in [0.29, 0.717) is 18.8 Å². The van der Waals surface area contributed by atoms with E-state index in [2.05, 4.69) is 5.32 Å². The molecule has 1 aliphatic heterocycles. The molecule has 2 aromatic rings. The predicted molar refractivity (Wildman–Crippen MR) is 94.9 cm³/mol. The van der Waals surface area contributed by atoms with Crippen molar-refractivity contribution < 1.29 is 14.0 Å². The molecule has 0 bridgehead atoms. The Morgan fingerprint density at radius 1 is 1.24 bits per heavy atom. The van der Waals surface area contributed by atoms with Gasteiger partial charge in [-0.2, -0.15) is 0 Å². The highest BCUT2D eigenvalue weighted by atomic mass is 35.5.